The molecule has 432 valence electrons. The highest BCUT2D eigenvalue weighted by molar-refractivity contribution is 6.34. The van der Waals surface area contributed by atoms with Crippen LogP contribution in [0.15, 0.2) is 243 Å². The van der Waals surface area contributed by atoms with Gasteiger partial charge in [0, 0.05) is 0 Å². The van der Waals surface area contributed by atoms with Gasteiger partial charge in [-0.25, -0.2) is 9.59 Å². The molecule has 90 heavy (non-hydrogen) atoms. The molecule has 0 N–H and O–H groups in total. The third kappa shape index (κ3) is 9.46. The molecular formula is C86H64O4. The van der Waals surface area contributed by atoms with Gasteiger partial charge in [-0.1, -0.05) is 222 Å². The van der Waals surface area contributed by atoms with Gasteiger partial charge in [-0.15, -0.1) is 0 Å². The van der Waals surface area contributed by atoms with Crippen molar-refractivity contribution in [2.75, 3.05) is 7.11 Å². The van der Waals surface area contributed by atoms with Crippen molar-refractivity contribution < 1.29 is 19.1 Å². The lowest BCUT2D eigenvalue weighted by Gasteiger charge is -2.26. The normalized spacial score (nSPS) is 11.6. The second-order valence-corrected chi connectivity index (χ2v) is 24.7. The minimum atomic E-state index is -0.435. The van der Waals surface area contributed by atoms with Crippen LogP contribution in [0.4, 0.5) is 0 Å². The molecular weight excluding hydrogens is 1100 g/mol. The monoisotopic (exact) mass is 1160 g/mol. The maximum atomic E-state index is 14.6. The summed E-state index contributed by atoms with van der Waals surface area (Å²) in [5.74, 6) is -0.305. The van der Waals surface area contributed by atoms with E-state index in [-0.39, 0.29) is 5.97 Å². The average Bonchev–Trinajstić information content (AvgIpc) is 0.715. The van der Waals surface area contributed by atoms with Gasteiger partial charge in [0.05, 0.1) is 18.2 Å². The van der Waals surface area contributed by atoms with Crippen molar-refractivity contribution in [3.63, 3.8) is 0 Å². The fourth-order valence-corrected chi connectivity index (χ4v) is 14.3. The fraction of sp³-hybridized carbons (Fsp3) is 0.0930. The minimum absolute atomic E-state index is 0.386. The van der Waals surface area contributed by atoms with Crippen LogP contribution in [-0.4, -0.2) is 19.0 Å². The topological polar surface area (TPSA) is 52.6 Å². The van der Waals surface area contributed by atoms with Crippen LogP contribution < -0.4 is 4.74 Å². The third-order valence-corrected chi connectivity index (χ3v) is 18.5. The maximum Gasteiger partial charge on any atom is 0.343 e. The van der Waals surface area contributed by atoms with Gasteiger partial charge in [0.15, 0.2) is 0 Å². The van der Waals surface area contributed by atoms with E-state index < -0.39 is 5.97 Å². The molecule has 0 aliphatic carbocycles. The molecule has 0 bridgehead atoms. The van der Waals surface area contributed by atoms with E-state index >= 15 is 0 Å². The molecule has 0 radical (unpaired) electrons. The van der Waals surface area contributed by atoms with Crippen LogP contribution in [0.25, 0.3) is 142 Å². The van der Waals surface area contributed by atoms with Crippen LogP contribution >= 0.6 is 0 Å². The van der Waals surface area contributed by atoms with Crippen molar-refractivity contribution in [3.8, 4) is 72.5 Å². The number of carbonyl (C=O) groups is 2. The zero-order valence-electron chi connectivity index (χ0n) is 51.7. The third-order valence-electron chi connectivity index (χ3n) is 18.5. The molecule has 0 aromatic heterocycles. The Labute approximate surface area is 524 Å². The molecule has 0 fully saturated rings. The van der Waals surface area contributed by atoms with Crippen molar-refractivity contribution in [2.24, 2.45) is 0 Å². The first-order valence-electron chi connectivity index (χ1n) is 30.9. The predicted octanol–water partition coefficient (Wildman–Crippen LogP) is 22.9. The zero-order valence-corrected chi connectivity index (χ0v) is 51.7. The van der Waals surface area contributed by atoms with E-state index in [9.17, 15) is 9.59 Å². The van der Waals surface area contributed by atoms with Gasteiger partial charge in [0.1, 0.15) is 5.75 Å². The number of hydrogen-bond acceptors (Lipinski definition) is 4. The van der Waals surface area contributed by atoms with E-state index in [1.807, 2.05) is 49.4 Å². The second kappa shape index (κ2) is 22.0. The van der Waals surface area contributed by atoms with Crippen LogP contribution in [0.1, 0.15) is 59.7 Å². The molecule has 4 heteroatoms. The fourth-order valence-electron chi connectivity index (χ4n) is 14.3. The van der Waals surface area contributed by atoms with E-state index in [1.165, 1.54) is 78.4 Å². The SMILES string of the molecule is COC(=O)c1ccc(-c2c3ccc(C)cc3c(-c3ccccc3)c3c(-c4ccc(C(=O)Oc5cc6ccc(-c7c8ccc(C)cc8c(-c8ccc9cc(C)cc(C)c9c8)c8ccc(C)cc78)cc6cc5C)cc4)c4ccc(C)cc4c(-c4ccccc4)c23)cc1. The molecule has 0 aliphatic heterocycles. The molecule has 0 saturated carbocycles. The highest BCUT2D eigenvalue weighted by Crippen LogP contribution is 2.54. The summed E-state index contributed by atoms with van der Waals surface area (Å²) >= 11 is 0. The van der Waals surface area contributed by atoms with Crippen LogP contribution in [0, 0.1) is 48.5 Å². The van der Waals surface area contributed by atoms with Gasteiger partial charge < -0.3 is 9.47 Å². The van der Waals surface area contributed by atoms with E-state index in [4.69, 9.17) is 9.47 Å². The van der Waals surface area contributed by atoms with Crippen molar-refractivity contribution in [1.29, 1.82) is 0 Å². The highest BCUT2D eigenvalue weighted by atomic mass is 16.5. The van der Waals surface area contributed by atoms with Gasteiger partial charge in [0.2, 0.25) is 0 Å². The summed E-state index contributed by atoms with van der Waals surface area (Å²) in [4.78, 5) is 27.5. The quantitative estimate of drug-likeness (QED) is 0.0821. The maximum absolute atomic E-state index is 14.6. The molecule has 15 aromatic rings. The Morgan fingerprint density at radius 3 is 1.14 bits per heavy atom. The summed E-state index contributed by atoms with van der Waals surface area (Å²) in [5.41, 5.74) is 22.3. The molecule has 0 spiro atoms. The summed E-state index contributed by atoms with van der Waals surface area (Å²) in [6.07, 6.45) is 0. The standard InChI is InChI=1S/C86H64O4/c1-49-20-36-68-72(41-49)77(67-35-19-50(2)42-73(67)78(68)65-34-32-63-40-53(5)39-54(6)71(63)47-65)64-33-31-62-48-76(55(7)45-66(62)46-64)90-86(88)61-29-25-59(26-30-61)80-70-38-22-52(4)44-75(70)81(56-15-11-9-12-16-56)83-79(58-23-27-60(28-24-58)85(87)89-8)69-37-21-51(3)43-74(69)82(84(80)83)57-17-13-10-14-18-57/h9-48H,1-8H3. The van der Waals surface area contributed by atoms with Gasteiger partial charge in [-0.05, 0) is 250 Å². The number of aryl methyl sites for hydroxylation is 7. The number of carbonyl (C=O) groups excluding carboxylic acids is 2. The van der Waals surface area contributed by atoms with Crippen molar-refractivity contribution >= 4 is 87.3 Å². The lowest BCUT2D eigenvalue weighted by Crippen LogP contribution is -2.09. The Hall–Kier alpha value is -10.9. The van der Waals surface area contributed by atoms with Crippen LogP contribution in [0.3, 0.4) is 0 Å². The summed E-state index contributed by atoms with van der Waals surface area (Å²) in [6.45, 7) is 15.1. The first-order chi connectivity index (χ1) is 43.8. The number of hydrogen-bond donors (Lipinski definition) is 0. The molecule has 0 amide bonds. The first-order valence-corrected chi connectivity index (χ1v) is 30.9. The molecule has 15 rings (SSSR count). The van der Waals surface area contributed by atoms with E-state index in [0.29, 0.717) is 16.9 Å². The van der Waals surface area contributed by atoms with Gasteiger partial charge >= 0.3 is 11.9 Å². The zero-order chi connectivity index (χ0) is 61.6. The predicted molar refractivity (Wildman–Crippen MR) is 377 cm³/mol. The van der Waals surface area contributed by atoms with E-state index in [2.05, 4.69) is 242 Å². The molecule has 0 unspecified atom stereocenters. The number of fused-ring (bicyclic) bond motifs is 7. The van der Waals surface area contributed by atoms with Crippen LogP contribution in [-0.2, 0) is 4.74 Å². The number of esters is 2. The summed E-state index contributed by atoms with van der Waals surface area (Å²) < 4.78 is 11.6. The molecule has 0 heterocycles. The van der Waals surface area contributed by atoms with E-state index in [1.54, 1.807) is 0 Å². The van der Waals surface area contributed by atoms with Crippen molar-refractivity contribution in [3.05, 3.63) is 293 Å². The average molecular weight is 1160 g/mol. The Kier molecular flexibility index (Phi) is 13.6. The van der Waals surface area contributed by atoms with Crippen molar-refractivity contribution in [2.45, 2.75) is 48.5 Å². The highest BCUT2D eigenvalue weighted by Gasteiger charge is 2.28. The number of rotatable bonds is 9. The smallest absolute Gasteiger partial charge is 0.343 e. The van der Waals surface area contributed by atoms with Crippen LogP contribution in [0.5, 0.6) is 5.75 Å². The van der Waals surface area contributed by atoms with Crippen molar-refractivity contribution in [1.82, 2.24) is 0 Å². The van der Waals surface area contributed by atoms with E-state index in [0.717, 1.165) is 110 Å². The summed E-state index contributed by atoms with van der Waals surface area (Å²) in [5, 5.41) is 16.0. The van der Waals surface area contributed by atoms with Gasteiger partial charge in [-0.3, -0.25) is 0 Å². The molecule has 15 aromatic carbocycles. The Morgan fingerprint density at radius 2 is 0.667 bits per heavy atom. The largest absolute Gasteiger partial charge is 0.465 e. The Bertz CT molecular complexity index is 5500. The second-order valence-electron chi connectivity index (χ2n) is 24.7. The Morgan fingerprint density at radius 1 is 0.267 bits per heavy atom. The molecule has 0 aliphatic rings. The molecule has 0 saturated heterocycles. The molecule has 0 atom stereocenters. The lowest BCUT2D eigenvalue weighted by atomic mass is 9.77. The summed E-state index contributed by atoms with van der Waals surface area (Å²) in [6, 6.07) is 86.8. The number of methoxy groups -OCH3 is 1. The first kappa shape index (κ1) is 55.6. The minimum Gasteiger partial charge on any atom is -0.465 e. The number of benzene rings is 15. The Balaban J connectivity index is 0.853. The number of ether oxygens (including phenoxy) is 2. The lowest BCUT2D eigenvalue weighted by molar-refractivity contribution is 0.0600. The van der Waals surface area contributed by atoms with Crippen LogP contribution in [0.2, 0.25) is 0 Å². The molecule has 4 nitrogen and oxygen atoms in total. The van der Waals surface area contributed by atoms with Gasteiger partial charge in [0.25, 0.3) is 0 Å². The summed E-state index contributed by atoms with van der Waals surface area (Å²) in [7, 11) is 1.41. The van der Waals surface area contributed by atoms with Gasteiger partial charge in [-0.2, -0.15) is 0 Å².